The van der Waals surface area contributed by atoms with Gasteiger partial charge in [0.2, 0.25) is 5.91 Å². The predicted octanol–water partition coefficient (Wildman–Crippen LogP) is 1.19. The number of ketones is 1. The van der Waals surface area contributed by atoms with Gasteiger partial charge in [0.05, 0.1) is 5.92 Å². The molecule has 1 aromatic heterocycles. The van der Waals surface area contributed by atoms with Crippen LogP contribution in [0.25, 0.3) is 0 Å². The SMILES string of the molecule is CC1(C)S[C@H]2C(C(=O)[C@H]2NC(=O)C(C(=O)O)c2ccsc2)[C@H]1C(=O)O. The van der Waals surface area contributed by atoms with Gasteiger partial charge in [0.1, 0.15) is 6.04 Å². The van der Waals surface area contributed by atoms with Crippen molar-refractivity contribution >= 4 is 46.7 Å². The zero-order chi connectivity index (χ0) is 18.5. The molecule has 3 N–H and O–H groups in total. The highest BCUT2D eigenvalue weighted by atomic mass is 32.2. The van der Waals surface area contributed by atoms with E-state index in [4.69, 9.17) is 0 Å². The van der Waals surface area contributed by atoms with Crippen LogP contribution in [0.2, 0.25) is 0 Å². The zero-order valence-corrected chi connectivity index (χ0v) is 15.1. The minimum Gasteiger partial charge on any atom is -0.481 e. The Labute approximate surface area is 151 Å². The second kappa shape index (κ2) is 6.14. The average Bonchev–Trinajstić information content (AvgIpc) is 3.09. The third-order valence-electron chi connectivity index (χ3n) is 4.81. The van der Waals surface area contributed by atoms with Crippen LogP contribution in [0.5, 0.6) is 0 Å². The van der Waals surface area contributed by atoms with Crippen molar-refractivity contribution in [1.29, 1.82) is 0 Å². The first-order chi connectivity index (χ1) is 11.6. The van der Waals surface area contributed by atoms with Crippen molar-refractivity contribution in [2.24, 2.45) is 11.8 Å². The fraction of sp³-hybridized carbons (Fsp3) is 0.500. The van der Waals surface area contributed by atoms with Crippen LogP contribution in [0.15, 0.2) is 16.8 Å². The maximum absolute atomic E-state index is 12.4. The topological polar surface area (TPSA) is 121 Å². The van der Waals surface area contributed by atoms with Crippen molar-refractivity contribution < 1.29 is 29.4 Å². The Kier molecular flexibility index (Phi) is 4.40. The molecule has 2 heterocycles. The van der Waals surface area contributed by atoms with Crippen LogP contribution in [0, 0.1) is 11.8 Å². The number of Topliss-reactive ketones (excluding diaryl/α,β-unsaturated/α-hetero) is 1. The molecule has 1 amide bonds. The fourth-order valence-electron chi connectivity index (χ4n) is 3.66. The quantitative estimate of drug-likeness (QED) is 0.653. The summed E-state index contributed by atoms with van der Waals surface area (Å²) in [5.41, 5.74) is 0.362. The molecule has 7 nitrogen and oxygen atoms in total. The number of carbonyl (C=O) groups excluding carboxylic acids is 2. The Morgan fingerprint density at radius 1 is 1.28 bits per heavy atom. The van der Waals surface area contributed by atoms with Gasteiger partial charge in [-0.15, -0.1) is 11.8 Å². The van der Waals surface area contributed by atoms with E-state index in [1.54, 1.807) is 30.7 Å². The van der Waals surface area contributed by atoms with E-state index in [9.17, 15) is 29.4 Å². The van der Waals surface area contributed by atoms with Crippen LogP contribution in [0.1, 0.15) is 25.3 Å². The van der Waals surface area contributed by atoms with Crippen molar-refractivity contribution in [3.63, 3.8) is 0 Å². The van der Waals surface area contributed by atoms with Crippen LogP contribution in [0.3, 0.4) is 0 Å². The van der Waals surface area contributed by atoms with Crippen molar-refractivity contribution in [1.82, 2.24) is 5.32 Å². The van der Waals surface area contributed by atoms with E-state index in [2.05, 4.69) is 5.32 Å². The zero-order valence-electron chi connectivity index (χ0n) is 13.5. The standard InChI is InChI=1S/C16H17NO6S2/c1-16(2)9(15(22)23)8-11(18)10(12(8)25-16)17-13(19)7(14(20)21)6-3-4-24-5-6/h3-5,7-10,12H,1-2H3,(H,17,19)(H,20,21)(H,22,23)/t7?,8?,9-,10+,12-/m0/s1. The molecule has 1 aliphatic carbocycles. The summed E-state index contributed by atoms with van der Waals surface area (Å²) in [6, 6.07) is 0.717. The molecule has 3 rings (SSSR count). The molecule has 1 saturated heterocycles. The molecule has 0 aromatic carbocycles. The molecule has 2 fully saturated rings. The largest absolute Gasteiger partial charge is 0.481 e. The van der Waals surface area contributed by atoms with Gasteiger partial charge in [-0.05, 0) is 36.2 Å². The molecule has 1 aromatic rings. The number of aliphatic carboxylic acids is 2. The third-order valence-corrected chi connectivity index (χ3v) is 7.22. The molecule has 134 valence electrons. The number of thioether (sulfide) groups is 1. The summed E-state index contributed by atoms with van der Waals surface area (Å²) >= 11 is 2.64. The molecule has 0 spiro atoms. The molecule has 5 atom stereocenters. The molecule has 2 unspecified atom stereocenters. The summed E-state index contributed by atoms with van der Waals surface area (Å²) < 4.78 is -0.629. The van der Waals surface area contributed by atoms with Crippen LogP contribution in [-0.4, -0.2) is 49.9 Å². The first-order valence-electron chi connectivity index (χ1n) is 7.65. The van der Waals surface area contributed by atoms with Gasteiger partial charge in [-0.25, -0.2) is 0 Å². The van der Waals surface area contributed by atoms with Crippen molar-refractivity contribution in [3.8, 4) is 0 Å². The van der Waals surface area contributed by atoms with E-state index in [1.165, 1.54) is 23.1 Å². The van der Waals surface area contributed by atoms with E-state index < -0.39 is 46.4 Å². The van der Waals surface area contributed by atoms with Gasteiger partial charge in [0.25, 0.3) is 0 Å². The first kappa shape index (κ1) is 17.9. The Morgan fingerprint density at radius 2 is 1.96 bits per heavy atom. The number of thiophene rings is 1. The minimum absolute atomic E-state index is 0.335. The number of nitrogens with one attached hydrogen (secondary N) is 1. The molecule has 0 radical (unpaired) electrons. The minimum atomic E-state index is -1.38. The number of carboxylic acids is 2. The highest BCUT2D eigenvalue weighted by molar-refractivity contribution is 8.01. The lowest BCUT2D eigenvalue weighted by Crippen LogP contribution is -2.64. The van der Waals surface area contributed by atoms with Gasteiger partial charge in [-0.1, -0.05) is 0 Å². The van der Waals surface area contributed by atoms with Crippen molar-refractivity contribution in [2.75, 3.05) is 0 Å². The maximum atomic E-state index is 12.4. The molecule has 0 bridgehead atoms. The summed E-state index contributed by atoms with van der Waals surface area (Å²) in [6.45, 7) is 3.54. The molecular weight excluding hydrogens is 366 g/mol. The molecule has 1 aliphatic heterocycles. The molecule has 1 saturated carbocycles. The lowest BCUT2D eigenvalue weighted by Gasteiger charge is -2.39. The maximum Gasteiger partial charge on any atom is 0.320 e. The Bertz CT molecular complexity index is 744. The van der Waals surface area contributed by atoms with Crippen LogP contribution < -0.4 is 5.32 Å². The number of carbonyl (C=O) groups is 4. The van der Waals surface area contributed by atoms with E-state index in [1.807, 2.05) is 0 Å². The highest BCUT2D eigenvalue weighted by Gasteiger charge is 2.66. The van der Waals surface area contributed by atoms with Crippen LogP contribution in [0.4, 0.5) is 0 Å². The number of fused-ring (bicyclic) bond motifs is 1. The van der Waals surface area contributed by atoms with Crippen LogP contribution >= 0.6 is 23.1 Å². The monoisotopic (exact) mass is 383 g/mol. The normalized spacial score (nSPS) is 30.9. The first-order valence-corrected chi connectivity index (χ1v) is 9.47. The second-order valence-electron chi connectivity index (χ2n) is 6.74. The number of rotatable bonds is 5. The Balaban J connectivity index is 1.77. The number of hydrogen-bond donors (Lipinski definition) is 3. The summed E-state index contributed by atoms with van der Waals surface area (Å²) in [7, 11) is 0. The van der Waals surface area contributed by atoms with Gasteiger partial charge in [-0.3, -0.25) is 19.2 Å². The number of amides is 1. The molecule has 25 heavy (non-hydrogen) atoms. The third kappa shape index (κ3) is 2.85. The van der Waals surface area contributed by atoms with Gasteiger partial charge in [0, 0.05) is 15.9 Å². The second-order valence-corrected chi connectivity index (χ2v) is 9.36. The average molecular weight is 383 g/mol. The molecule has 9 heteroatoms. The van der Waals surface area contributed by atoms with Gasteiger partial charge in [0.15, 0.2) is 11.7 Å². The van der Waals surface area contributed by atoms with Crippen molar-refractivity contribution in [2.45, 2.75) is 35.8 Å². The van der Waals surface area contributed by atoms with E-state index >= 15 is 0 Å². The molecular formula is C16H17NO6S2. The van der Waals surface area contributed by atoms with Gasteiger partial charge < -0.3 is 15.5 Å². The summed E-state index contributed by atoms with van der Waals surface area (Å²) in [4.78, 5) is 47.8. The van der Waals surface area contributed by atoms with Gasteiger partial charge in [-0.2, -0.15) is 11.3 Å². The lowest BCUT2D eigenvalue weighted by atomic mass is 9.67. The van der Waals surface area contributed by atoms with Crippen molar-refractivity contribution in [3.05, 3.63) is 22.4 Å². The van der Waals surface area contributed by atoms with Gasteiger partial charge >= 0.3 is 11.9 Å². The smallest absolute Gasteiger partial charge is 0.320 e. The Hall–Kier alpha value is -1.87. The fourth-order valence-corrected chi connectivity index (χ4v) is 6.22. The van der Waals surface area contributed by atoms with Crippen LogP contribution in [-0.2, 0) is 19.2 Å². The summed E-state index contributed by atoms with van der Waals surface area (Å²) in [5.74, 6) is -6.24. The number of hydrogen-bond acceptors (Lipinski definition) is 6. The Morgan fingerprint density at radius 3 is 2.48 bits per heavy atom. The number of carboxylic acid groups (broad SMARTS) is 2. The summed E-state index contributed by atoms with van der Waals surface area (Å²) in [6.07, 6.45) is 0. The van der Waals surface area contributed by atoms with E-state index in [0.717, 1.165) is 0 Å². The lowest BCUT2D eigenvalue weighted by molar-refractivity contribution is -0.151. The molecule has 2 aliphatic rings. The highest BCUT2D eigenvalue weighted by Crippen LogP contribution is 2.57. The van der Waals surface area contributed by atoms with E-state index in [0.29, 0.717) is 5.56 Å². The predicted molar refractivity (Wildman–Crippen MR) is 91.7 cm³/mol. The van der Waals surface area contributed by atoms with E-state index in [-0.39, 0.29) is 11.0 Å². The summed E-state index contributed by atoms with van der Waals surface area (Å²) in [5, 5.41) is 24.2.